The molecule has 4 heterocycles. The summed E-state index contributed by atoms with van der Waals surface area (Å²) in [6, 6.07) is 13.5. The smallest absolute Gasteiger partial charge is 0.336 e. The summed E-state index contributed by atoms with van der Waals surface area (Å²) in [7, 11) is 0. The van der Waals surface area contributed by atoms with Crippen LogP contribution >= 0.6 is 0 Å². The van der Waals surface area contributed by atoms with Crippen molar-refractivity contribution < 1.29 is 24.1 Å². The van der Waals surface area contributed by atoms with Gasteiger partial charge < -0.3 is 29.3 Å². The topological polar surface area (TPSA) is 109 Å². The number of H-pyrrole nitrogens is 2. The fourth-order valence-corrected chi connectivity index (χ4v) is 4.83. The lowest BCUT2D eigenvalue weighted by Gasteiger charge is -2.23. The lowest BCUT2D eigenvalue weighted by Crippen LogP contribution is -2.26. The summed E-state index contributed by atoms with van der Waals surface area (Å²) in [6.07, 6.45) is 3.77. The molecular formula is C27H23N3O5. The molecule has 0 saturated heterocycles. The zero-order valence-corrected chi connectivity index (χ0v) is 19.2. The van der Waals surface area contributed by atoms with E-state index in [1.165, 1.54) is 0 Å². The second-order valence-corrected chi connectivity index (χ2v) is 8.46. The Morgan fingerprint density at radius 3 is 2.91 bits per heavy atom. The van der Waals surface area contributed by atoms with E-state index in [1.54, 1.807) is 13.8 Å². The van der Waals surface area contributed by atoms with E-state index in [0.717, 1.165) is 22.0 Å². The van der Waals surface area contributed by atoms with Gasteiger partial charge >= 0.3 is 5.97 Å². The first-order valence-electron chi connectivity index (χ1n) is 11.4. The van der Waals surface area contributed by atoms with Crippen LogP contribution in [-0.2, 0) is 9.53 Å². The van der Waals surface area contributed by atoms with E-state index < -0.39 is 11.9 Å². The Kier molecular flexibility index (Phi) is 4.88. The number of benzene rings is 2. The number of aromatic amines is 2. The molecule has 4 aromatic rings. The van der Waals surface area contributed by atoms with Crippen LogP contribution in [0.25, 0.3) is 17.0 Å². The van der Waals surface area contributed by atoms with Gasteiger partial charge in [-0.15, -0.1) is 0 Å². The number of aromatic nitrogens is 2. The summed E-state index contributed by atoms with van der Waals surface area (Å²) in [6.45, 7) is 3.91. The molecule has 2 aromatic heterocycles. The third-order valence-corrected chi connectivity index (χ3v) is 6.41. The SMILES string of the molecule is CCOC(=O)C1=C(C)N=c2[nH]c(=Cc3c[nH]c4ccccc34)c(O)c2C1c1ccc2c(c1)OCO2. The van der Waals surface area contributed by atoms with Crippen molar-refractivity contribution in [1.29, 1.82) is 0 Å². The number of aromatic hydroxyl groups is 1. The van der Waals surface area contributed by atoms with E-state index >= 15 is 0 Å². The standard InChI is InChI=1S/C27H23N3O5/c1-3-33-27(32)22-14(2)29-26-24(23(22)15-8-9-20-21(11-15)35-13-34-20)25(31)19(30-26)10-16-12-28-18-7-5-4-6-17(16)18/h4-12,23,28,31H,3,13H2,1-2H3,(H,29,30). The van der Waals surface area contributed by atoms with E-state index in [9.17, 15) is 9.90 Å². The van der Waals surface area contributed by atoms with Crippen LogP contribution in [0.15, 0.2) is 64.9 Å². The summed E-state index contributed by atoms with van der Waals surface area (Å²) >= 11 is 0. The minimum Gasteiger partial charge on any atom is -0.505 e. The molecule has 0 bridgehead atoms. The monoisotopic (exact) mass is 469 g/mol. The lowest BCUT2D eigenvalue weighted by atomic mass is 9.83. The molecule has 8 heteroatoms. The van der Waals surface area contributed by atoms with Gasteiger partial charge in [0, 0.05) is 22.7 Å². The molecule has 176 valence electrons. The Bertz CT molecular complexity index is 1640. The molecule has 1 atom stereocenters. The quantitative estimate of drug-likeness (QED) is 0.397. The maximum atomic E-state index is 13.1. The number of carbonyl (C=O) groups is 1. The molecular weight excluding hydrogens is 446 g/mol. The molecule has 0 aliphatic carbocycles. The van der Waals surface area contributed by atoms with Gasteiger partial charge in [-0.3, -0.25) is 0 Å². The summed E-state index contributed by atoms with van der Waals surface area (Å²) in [4.78, 5) is 24.2. The zero-order valence-electron chi connectivity index (χ0n) is 19.2. The van der Waals surface area contributed by atoms with Crippen molar-refractivity contribution in [1.82, 2.24) is 9.97 Å². The highest BCUT2D eigenvalue weighted by atomic mass is 16.7. The number of ether oxygens (including phenoxy) is 3. The predicted molar refractivity (Wildman–Crippen MR) is 129 cm³/mol. The summed E-state index contributed by atoms with van der Waals surface area (Å²) in [5.41, 5.74) is 4.61. The van der Waals surface area contributed by atoms with Gasteiger partial charge in [0.25, 0.3) is 0 Å². The normalized spacial score (nSPS) is 17.0. The van der Waals surface area contributed by atoms with Crippen LogP contribution in [0, 0.1) is 0 Å². The molecule has 6 rings (SSSR count). The molecule has 1 unspecified atom stereocenters. The average molecular weight is 469 g/mol. The molecule has 0 saturated carbocycles. The van der Waals surface area contributed by atoms with Crippen molar-refractivity contribution >= 4 is 22.9 Å². The van der Waals surface area contributed by atoms with Crippen LogP contribution in [0.2, 0.25) is 0 Å². The van der Waals surface area contributed by atoms with E-state index in [-0.39, 0.29) is 19.1 Å². The lowest BCUT2D eigenvalue weighted by molar-refractivity contribution is -0.138. The van der Waals surface area contributed by atoms with E-state index in [2.05, 4.69) is 15.0 Å². The van der Waals surface area contributed by atoms with Crippen LogP contribution in [0.5, 0.6) is 17.2 Å². The molecule has 2 aliphatic rings. The van der Waals surface area contributed by atoms with Gasteiger partial charge in [-0.1, -0.05) is 24.3 Å². The first-order chi connectivity index (χ1) is 17.0. The summed E-state index contributed by atoms with van der Waals surface area (Å²) in [5.74, 6) is 0.195. The number of esters is 1. The Morgan fingerprint density at radius 1 is 1.23 bits per heavy atom. The van der Waals surface area contributed by atoms with Crippen LogP contribution in [0.3, 0.4) is 0 Å². The Labute approximate surface area is 200 Å². The Morgan fingerprint density at radius 2 is 2.06 bits per heavy atom. The summed E-state index contributed by atoms with van der Waals surface area (Å²) in [5, 5.41) is 13.0. The Balaban J connectivity index is 1.56. The fraction of sp³-hybridized carbons (Fsp3) is 0.185. The Hall–Kier alpha value is -4.46. The largest absolute Gasteiger partial charge is 0.505 e. The second-order valence-electron chi connectivity index (χ2n) is 8.46. The predicted octanol–water partition coefficient (Wildman–Crippen LogP) is 3.36. The number of nitrogens with zero attached hydrogens (tertiary/aromatic N) is 1. The van der Waals surface area contributed by atoms with Gasteiger partial charge in [-0.2, -0.15) is 0 Å². The maximum absolute atomic E-state index is 13.1. The highest BCUT2D eigenvalue weighted by molar-refractivity contribution is 5.93. The number of fused-ring (bicyclic) bond motifs is 3. The van der Waals surface area contributed by atoms with E-state index in [1.807, 2.05) is 54.7 Å². The third-order valence-electron chi connectivity index (χ3n) is 6.41. The van der Waals surface area contributed by atoms with Crippen molar-refractivity contribution in [2.24, 2.45) is 4.99 Å². The molecule has 0 amide bonds. The maximum Gasteiger partial charge on any atom is 0.336 e. The van der Waals surface area contributed by atoms with Crippen LogP contribution in [0.1, 0.15) is 36.5 Å². The number of hydrogen-bond donors (Lipinski definition) is 3. The molecule has 2 aromatic carbocycles. The minimum atomic E-state index is -0.600. The van der Waals surface area contributed by atoms with Crippen molar-refractivity contribution in [3.05, 3.63) is 87.5 Å². The van der Waals surface area contributed by atoms with Gasteiger partial charge in [0.05, 0.1) is 34.7 Å². The fourth-order valence-electron chi connectivity index (χ4n) is 4.83. The van der Waals surface area contributed by atoms with Gasteiger partial charge in [-0.25, -0.2) is 9.79 Å². The van der Waals surface area contributed by atoms with Gasteiger partial charge in [0.2, 0.25) is 6.79 Å². The number of rotatable bonds is 4. The molecule has 8 nitrogen and oxygen atoms in total. The zero-order chi connectivity index (χ0) is 24.1. The minimum absolute atomic E-state index is 0.0333. The number of allylic oxidation sites excluding steroid dienone is 1. The van der Waals surface area contributed by atoms with Gasteiger partial charge in [0.15, 0.2) is 11.5 Å². The third kappa shape index (κ3) is 3.37. The van der Waals surface area contributed by atoms with Crippen molar-refractivity contribution in [2.45, 2.75) is 19.8 Å². The van der Waals surface area contributed by atoms with Crippen molar-refractivity contribution in [2.75, 3.05) is 13.4 Å². The van der Waals surface area contributed by atoms with E-state index in [0.29, 0.717) is 39.2 Å². The molecule has 3 N–H and O–H groups in total. The molecule has 2 aliphatic heterocycles. The second kappa shape index (κ2) is 8.09. The van der Waals surface area contributed by atoms with Crippen molar-refractivity contribution in [3.63, 3.8) is 0 Å². The number of hydrogen-bond acceptors (Lipinski definition) is 6. The average Bonchev–Trinajstić information content (AvgIpc) is 3.56. The van der Waals surface area contributed by atoms with E-state index in [4.69, 9.17) is 14.2 Å². The van der Waals surface area contributed by atoms with Crippen LogP contribution in [-0.4, -0.2) is 34.4 Å². The summed E-state index contributed by atoms with van der Waals surface area (Å²) < 4.78 is 16.4. The number of para-hydroxylation sites is 1. The molecule has 35 heavy (non-hydrogen) atoms. The van der Waals surface area contributed by atoms with Crippen LogP contribution in [0.4, 0.5) is 0 Å². The first-order valence-corrected chi connectivity index (χ1v) is 11.4. The van der Waals surface area contributed by atoms with Gasteiger partial charge in [0.1, 0.15) is 11.2 Å². The van der Waals surface area contributed by atoms with Crippen molar-refractivity contribution in [3.8, 4) is 17.2 Å². The molecule has 0 radical (unpaired) electrons. The molecule has 0 fully saturated rings. The molecule has 0 spiro atoms. The first kappa shape index (κ1) is 21.1. The highest BCUT2D eigenvalue weighted by Gasteiger charge is 2.35. The van der Waals surface area contributed by atoms with Crippen LogP contribution < -0.4 is 20.3 Å². The number of nitrogens with one attached hydrogen (secondary N) is 2. The number of carbonyl (C=O) groups excluding carboxylic acids is 1. The highest BCUT2D eigenvalue weighted by Crippen LogP contribution is 2.42. The van der Waals surface area contributed by atoms with Gasteiger partial charge in [-0.05, 0) is 43.7 Å².